The van der Waals surface area contributed by atoms with E-state index < -0.39 is 0 Å². The molecule has 0 unspecified atom stereocenters. The summed E-state index contributed by atoms with van der Waals surface area (Å²) < 4.78 is 11.8. The summed E-state index contributed by atoms with van der Waals surface area (Å²) in [5, 5.41) is 0. The molecule has 6 nitrogen and oxygen atoms in total. The molecule has 0 aliphatic carbocycles. The van der Waals surface area contributed by atoms with Crippen molar-refractivity contribution in [1.29, 1.82) is 0 Å². The molecule has 0 N–H and O–H groups in total. The van der Waals surface area contributed by atoms with Crippen LogP contribution in [0, 0.1) is 5.92 Å². The van der Waals surface area contributed by atoms with E-state index in [9.17, 15) is 0 Å². The summed E-state index contributed by atoms with van der Waals surface area (Å²) in [5.74, 6) is 1.74. The van der Waals surface area contributed by atoms with Gasteiger partial charge in [-0.15, -0.1) is 15.0 Å². The third-order valence-corrected chi connectivity index (χ3v) is 4.45. The lowest BCUT2D eigenvalue weighted by Gasteiger charge is -2.46. The predicted octanol–water partition coefficient (Wildman–Crippen LogP) is 1.79. The fraction of sp³-hybridized carbons (Fsp3) is 0.786. The smallest absolute Gasteiger partial charge is 0.338 e. The highest BCUT2D eigenvalue weighted by molar-refractivity contribution is 5.30. The van der Waals surface area contributed by atoms with Gasteiger partial charge in [-0.25, -0.2) is 0 Å². The van der Waals surface area contributed by atoms with Gasteiger partial charge in [-0.1, -0.05) is 0 Å². The topological polar surface area (TPSA) is 57.1 Å². The van der Waals surface area contributed by atoms with Crippen molar-refractivity contribution < 1.29 is 9.47 Å². The summed E-state index contributed by atoms with van der Waals surface area (Å²) in [6.45, 7) is 8.36. The molecule has 4 rings (SSSR count). The number of nitrogens with zero attached hydrogens (tertiary/aromatic N) is 4. The zero-order chi connectivity index (χ0) is 14.0. The average Bonchev–Trinajstić information content (AvgIpc) is 2.50. The van der Waals surface area contributed by atoms with Crippen molar-refractivity contribution in [2.24, 2.45) is 5.92 Å². The molecule has 0 atom stereocenters. The van der Waals surface area contributed by atoms with Gasteiger partial charge in [0.25, 0.3) is 0 Å². The number of quaternary nitrogens is 1. The normalized spacial score (nSPS) is 28.4. The molecule has 3 fully saturated rings. The van der Waals surface area contributed by atoms with E-state index in [0.717, 1.165) is 36.0 Å². The lowest BCUT2D eigenvalue weighted by molar-refractivity contribution is 0.105. The fourth-order valence-corrected chi connectivity index (χ4v) is 3.28. The summed E-state index contributed by atoms with van der Waals surface area (Å²) in [6, 6.07) is 0.780. The zero-order valence-electron chi connectivity index (χ0n) is 12.3. The Morgan fingerprint density at radius 1 is 0.900 bits per heavy atom. The van der Waals surface area contributed by atoms with Crippen LogP contribution >= 0.6 is 0 Å². The molecule has 110 valence electrons. The number of fused-ring (bicyclic) bond motifs is 3. The molecule has 6 heteroatoms. The van der Waals surface area contributed by atoms with Crippen molar-refractivity contribution in [3.63, 3.8) is 0 Å². The van der Waals surface area contributed by atoms with Crippen LogP contribution in [0.25, 0.3) is 0 Å². The Balaban J connectivity index is 1.94. The standard InChI is InChI=1S/C14H23N4O2/c1-3-19-13-15-12(16-14(17-13)20-4-2)18-8-5-11(6-9-18)7-10-18/h11H,3-10H2,1-2H3/q+1. The van der Waals surface area contributed by atoms with Crippen LogP contribution in [-0.4, -0.2) is 47.8 Å². The summed E-state index contributed by atoms with van der Waals surface area (Å²) in [7, 11) is 0. The Labute approximate surface area is 119 Å². The van der Waals surface area contributed by atoms with Crippen LogP contribution in [0.15, 0.2) is 0 Å². The highest BCUT2D eigenvalue weighted by atomic mass is 16.5. The number of ether oxygens (including phenoxy) is 2. The maximum atomic E-state index is 5.47. The van der Waals surface area contributed by atoms with E-state index in [4.69, 9.17) is 9.47 Å². The van der Waals surface area contributed by atoms with E-state index in [1.807, 2.05) is 13.8 Å². The van der Waals surface area contributed by atoms with Crippen molar-refractivity contribution in [2.75, 3.05) is 32.8 Å². The highest BCUT2D eigenvalue weighted by Gasteiger charge is 2.44. The van der Waals surface area contributed by atoms with Crippen molar-refractivity contribution >= 4 is 5.95 Å². The van der Waals surface area contributed by atoms with Crippen molar-refractivity contribution in [1.82, 2.24) is 19.4 Å². The number of piperidine rings is 3. The molecule has 0 radical (unpaired) electrons. The third kappa shape index (κ3) is 2.44. The maximum absolute atomic E-state index is 5.47. The Morgan fingerprint density at radius 2 is 1.40 bits per heavy atom. The zero-order valence-corrected chi connectivity index (χ0v) is 12.3. The molecular formula is C14H23N4O2+. The molecule has 4 heterocycles. The molecule has 0 saturated carbocycles. The number of rotatable bonds is 5. The maximum Gasteiger partial charge on any atom is 0.338 e. The first-order valence-electron chi connectivity index (χ1n) is 7.64. The Hall–Kier alpha value is -1.43. The van der Waals surface area contributed by atoms with Gasteiger partial charge in [0.1, 0.15) is 0 Å². The van der Waals surface area contributed by atoms with Gasteiger partial charge in [0, 0.05) is 19.3 Å². The SMILES string of the molecule is CCOc1nc(OCC)nc([N+]23CCC(CC2)CC3)n1. The first-order valence-corrected chi connectivity index (χ1v) is 7.64. The minimum atomic E-state index is 0.390. The molecule has 20 heavy (non-hydrogen) atoms. The van der Waals surface area contributed by atoms with E-state index in [1.165, 1.54) is 19.3 Å². The van der Waals surface area contributed by atoms with E-state index in [2.05, 4.69) is 15.0 Å². The molecule has 0 aromatic carbocycles. The van der Waals surface area contributed by atoms with Crippen molar-refractivity contribution in [3.8, 4) is 12.0 Å². The molecular weight excluding hydrogens is 256 g/mol. The van der Waals surface area contributed by atoms with E-state index >= 15 is 0 Å². The molecule has 0 spiro atoms. The first-order chi connectivity index (χ1) is 9.75. The predicted molar refractivity (Wildman–Crippen MR) is 75.9 cm³/mol. The van der Waals surface area contributed by atoms with Gasteiger partial charge in [0.05, 0.1) is 32.8 Å². The Morgan fingerprint density at radius 3 is 1.85 bits per heavy atom. The van der Waals surface area contributed by atoms with Crippen LogP contribution in [0.3, 0.4) is 0 Å². The van der Waals surface area contributed by atoms with Crippen molar-refractivity contribution in [2.45, 2.75) is 33.1 Å². The van der Waals surface area contributed by atoms with E-state index in [0.29, 0.717) is 25.2 Å². The van der Waals surface area contributed by atoms with Gasteiger partial charge in [-0.3, -0.25) is 4.48 Å². The molecule has 1 aromatic heterocycles. The second-order valence-electron chi connectivity index (χ2n) is 5.61. The molecule has 3 aliphatic heterocycles. The Bertz CT molecular complexity index is 434. The summed E-state index contributed by atoms with van der Waals surface area (Å²) >= 11 is 0. The summed E-state index contributed by atoms with van der Waals surface area (Å²) in [6.07, 6.45) is 3.83. The second-order valence-corrected chi connectivity index (χ2v) is 5.61. The van der Waals surface area contributed by atoms with Crippen LogP contribution in [0.5, 0.6) is 12.0 Å². The van der Waals surface area contributed by atoms with Gasteiger partial charge in [-0.2, -0.15) is 0 Å². The van der Waals surface area contributed by atoms with Crippen molar-refractivity contribution in [3.05, 3.63) is 0 Å². The summed E-state index contributed by atoms with van der Waals surface area (Å²) in [4.78, 5) is 13.3. The quantitative estimate of drug-likeness (QED) is 0.769. The first kappa shape index (κ1) is 13.5. The lowest BCUT2D eigenvalue weighted by atomic mass is 9.86. The highest BCUT2D eigenvalue weighted by Crippen LogP contribution is 2.37. The molecule has 3 saturated heterocycles. The molecule has 0 amide bonds. The number of aromatic nitrogens is 3. The van der Waals surface area contributed by atoms with Crippen LogP contribution in [-0.2, 0) is 0 Å². The van der Waals surface area contributed by atoms with E-state index in [-0.39, 0.29) is 0 Å². The average molecular weight is 279 g/mol. The van der Waals surface area contributed by atoms with E-state index in [1.54, 1.807) is 0 Å². The number of hydrogen-bond acceptors (Lipinski definition) is 5. The van der Waals surface area contributed by atoms with Crippen LogP contribution in [0.4, 0.5) is 5.95 Å². The minimum absolute atomic E-state index is 0.390. The second kappa shape index (κ2) is 5.52. The molecule has 3 aliphatic rings. The lowest BCUT2D eigenvalue weighted by Crippen LogP contribution is -2.60. The number of hydrogen-bond donors (Lipinski definition) is 0. The van der Waals surface area contributed by atoms with Gasteiger partial charge in [0.15, 0.2) is 0 Å². The monoisotopic (exact) mass is 279 g/mol. The third-order valence-electron chi connectivity index (χ3n) is 4.45. The fourth-order valence-electron chi connectivity index (χ4n) is 3.28. The van der Waals surface area contributed by atoms with Crippen LogP contribution in [0.1, 0.15) is 33.1 Å². The van der Waals surface area contributed by atoms with Gasteiger partial charge < -0.3 is 9.47 Å². The van der Waals surface area contributed by atoms with Crippen LogP contribution in [0.2, 0.25) is 0 Å². The summed E-state index contributed by atoms with van der Waals surface area (Å²) in [5.41, 5.74) is 0. The van der Waals surface area contributed by atoms with Gasteiger partial charge in [-0.05, 0) is 19.8 Å². The Kier molecular flexibility index (Phi) is 3.74. The van der Waals surface area contributed by atoms with Gasteiger partial charge >= 0.3 is 18.0 Å². The van der Waals surface area contributed by atoms with Gasteiger partial charge in [0.2, 0.25) is 0 Å². The molecule has 1 aromatic rings. The van der Waals surface area contributed by atoms with Crippen LogP contribution < -0.4 is 14.0 Å². The largest absolute Gasteiger partial charge is 0.463 e. The molecule has 2 bridgehead atoms. The minimum Gasteiger partial charge on any atom is -0.463 e.